The lowest BCUT2D eigenvalue weighted by atomic mass is 10.1. The van der Waals surface area contributed by atoms with Crippen LogP contribution >= 0.6 is 11.8 Å². The van der Waals surface area contributed by atoms with Gasteiger partial charge in [-0.15, -0.1) is 0 Å². The van der Waals surface area contributed by atoms with Gasteiger partial charge in [-0.2, -0.15) is 5.26 Å². The van der Waals surface area contributed by atoms with Crippen molar-refractivity contribution in [2.24, 2.45) is 0 Å². The number of ether oxygens (including phenoxy) is 2. The van der Waals surface area contributed by atoms with E-state index in [1.165, 1.54) is 11.8 Å². The maximum absolute atomic E-state index is 9.37. The third-order valence-electron chi connectivity index (χ3n) is 4.60. The van der Waals surface area contributed by atoms with Crippen LogP contribution in [0.15, 0.2) is 29.6 Å². The van der Waals surface area contributed by atoms with Gasteiger partial charge in [-0.1, -0.05) is 11.8 Å². The largest absolute Gasteiger partial charge is 0.497 e. The summed E-state index contributed by atoms with van der Waals surface area (Å²) in [6.07, 6.45) is 3.55. The van der Waals surface area contributed by atoms with E-state index in [0.29, 0.717) is 10.7 Å². The van der Waals surface area contributed by atoms with Crippen LogP contribution in [0.4, 0.5) is 5.82 Å². The van der Waals surface area contributed by atoms with Gasteiger partial charge in [0.25, 0.3) is 0 Å². The van der Waals surface area contributed by atoms with Gasteiger partial charge >= 0.3 is 0 Å². The number of hydrogen-bond acceptors (Lipinski definition) is 8. The fourth-order valence-electron chi connectivity index (χ4n) is 3.14. The fourth-order valence-corrected chi connectivity index (χ4v) is 3.48. The second kappa shape index (κ2) is 8.93. The zero-order chi connectivity index (χ0) is 19.2. The Balaban J connectivity index is 1.69. The van der Waals surface area contributed by atoms with Gasteiger partial charge in [-0.05, 0) is 24.5 Å². The molecule has 0 aliphatic carbocycles. The van der Waals surface area contributed by atoms with Crippen molar-refractivity contribution >= 4 is 17.6 Å². The van der Waals surface area contributed by atoms with Crippen LogP contribution in [0, 0.1) is 11.3 Å². The molecule has 1 aromatic heterocycles. The summed E-state index contributed by atoms with van der Waals surface area (Å²) in [5.41, 5.74) is 1.63. The molecule has 0 spiro atoms. The lowest BCUT2D eigenvalue weighted by Crippen LogP contribution is -2.46. The van der Waals surface area contributed by atoms with Gasteiger partial charge in [0.15, 0.2) is 11.0 Å². The number of methoxy groups -OCH3 is 2. The summed E-state index contributed by atoms with van der Waals surface area (Å²) < 4.78 is 10.8. The topological polar surface area (TPSA) is 74.5 Å². The van der Waals surface area contributed by atoms with Gasteiger partial charge in [0.05, 0.1) is 20.4 Å². The predicted molar refractivity (Wildman–Crippen MR) is 106 cm³/mol. The highest BCUT2D eigenvalue weighted by atomic mass is 32.2. The second-order valence-corrected chi connectivity index (χ2v) is 6.92. The van der Waals surface area contributed by atoms with Crippen molar-refractivity contribution < 1.29 is 9.47 Å². The number of thioether (sulfide) groups is 1. The number of hydrogen-bond donors (Lipinski definition) is 0. The molecule has 0 radical (unpaired) electrons. The van der Waals surface area contributed by atoms with Gasteiger partial charge in [0.1, 0.15) is 23.1 Å². The van der Waals surface area contributed by atoms with Crippen LogP contribution in [0.2, 0.25) is 0 Å². The van der Waals surface area contributed by atoms with Gasteiger partial charge in [0, 0.05) is 38.3 Å². The van der Waals surface area contributed by atoms with E-state index in [-0.39, 0.29) is 0 Å². The Bertz CT molecular complexity index is 831. The minimum absolute atomic E-state index is 0.524. The lowest BCUT2D eigenvalue weighted by Gasteiger charge is -2.35. The third-order valence-corrected chi connectivity index (χ3v) is 5.16. The average molecular weight is 385 g/mol. The summed E-state index contributed by atoms with van der Waals surface area (Å²) in [7, 11) is 3.35. The maximum Gasteiger partial charge on any atom is 0.189 e. The fraction of sp³-hybridized carbons (Fsp3) is 0.421. The second-order valence-electron chi connectivity index (χ2n) is 6.15. The first-order valence-corrected chi connectivity index (χ1v) is 9.90. The normalized spacial score (nSPS) is 14.7. The Morgan fingerprint density at radius 1 is 1.19 bits per heavy atom. The van der Waals surface area contributed by atoms with Crippen molar-refractivity contribution in [2.75, 3.05) is 51.6 Å². The summed E-state index contributed by atoms with van der Waals surface area (Å²) in [4.78, 5) is 13.3. The van der Waals surface area contributed by atoms with Crippen molar-refractivity contribution in [3.63, 3.8) is 0 Å². The highest BCUT2D eigenvalue weighted by molar-refractivity contribution is 7.98. The standard InChI is InChI=1S/C19H23N5O2S/c1-25-16-4-5-17(26-2)14(10-16)13-23-6-8-24(9-7-23)18-15(11-20)12-21-19(22-18)27-3/h4-5,10,12H,6-9,13H2,1-3H3. The number of benzene rings is 1. The third kappa shape index (κ3) is 4.43. The first kappa shape index (κ1) is 19.3. The van der Waals surface area contributed by atoms with Crippen molar-refractivity contribution in [3.05, 3.63) is 35.5 Å². The molecule has 1 aliphatic rings. The van der Waals surface area contributed by atoms with E-state index in [4.69, 9.17) is 9.47 Å². The highest BCUT2D eigenvalue weighted by Crippen LogP contribution is 2.26. The molecule has 2 heterocycles. The molecule has 1 aliphatic heterocycles. The molecule has 0 bridgehead atoms. The van der Waals surface area contributed by atoms with Crippen LogP contribution in [0.3, 0.4) is 0 Å². The van der Waals surface area contributed by atoms with Crippen molar-refractivity contribution in [2.45, 2.75) is 11.7 Å². The molecule has 27 heavy (non-hydrogen) atoms. The molecular formula is C19H23N5O2S. The molecule has 1 aromatic carbocycles. The number of piperazine rings is 1. The van der Waals surface area contributed by atoms with Gasteiger partial charge in [-0.3, -0.25) is 4.90 Å². The Labute approximate surface area is 163 Å². The maximum atomic E-state index is 9.37. The minimum Gasteiger partial charge on any atom is -0.497 e. The molecule has 1 fully saturated rings. The summed E-state index contributed by atoms with van der Waals surface area (Å²) in [5.74, 6) is 2.43. The SMILES string of the molecule is COc1ccc(OC)c(CN2CCN(c3nc(SC)ncc3C#N)CC2)c1. The monoisotopic (exact) mass is 385 g/mol. The molecule has 0 atom stereocenters. The predicted octanol–water partition coefficient (Wildman–Crippen LogP) is 2.41. The number of nitrogens with zero attached hydrogens (tertiary/aromatic N) is 5. The molecule has 142 valence electrons. The quantitative estimate of drug-likeness (QED) is 0.554. The van der Waals surface area contributed by atoms with Crippen LogP contribution < -0.4 is 14.4 Å². The van der Waals surface area contributed by atoms with E-state index >= 15 is 0 Å². The Morgan fingerprint density at radius 2 is 1.96 bits per heavy atom. The highest BCUT2D eigenvalue weighted by Gasteiger charge is 2.22. The summed E-state index contributed by atoms with van der Waals surface area (Å²) >= 11 is 1.48. The van der Waals surface area contributed by atoms with E-state index < -0.39 is 0 Å². The average Bonchev–Trinajstić information content (AvgIpc) is 2.73. The number of nitriles is 1. The molecule has 8 heteroatoms. The van der Waals surface area contributed by atoms with Gasteiger partial charge < -0.3 is 14.4 Å². The molecule has 3 rings (SSSR count). The summed E-state index contributed by atoms with van der Waals surface area (Å²) in [5, 5.41) is 10.1. The molecule has 0 saturated carbocycles. The zero-order valence-electron chi connectivity index (χ0n) is 15.8. The Hall–Kier alpha value is -2.50. The smallest absolute Gasteiger partial charge is 0.189 e. The number of anilines is 1. The van der Waals surface area contributed by atoms with Crippen LogP contribution in [0.5, 0.6) is 11.5 Å². The molecular weight excluding hydrogens is 362 g/mol. The van der Waals surface area contributed by atoms with Gasteiger partial charge in [-0.25, -0.2) is 9.97 Å². The van der Waals surface area contributed by atoms with Crippen LogP contribution in [-0.4, -0.2) is 61.5 Å². The first-order chi connectivity index (χ1) is 13.2. The van der Waals surface area contributed by atoms with Crippen molar-refractivity contribution in [1.82, 2.24) is 14.9 Å². The summed E-state index contributed by atoms with van der Waals surface area (Å²) in [6, 6.07) is 8.07. The van der Waals surface area contributed by atoms with Gasteiger partial charge in [0.2, 0.25) is 0 Å². The Morgan fingerprint density at radius 3 is 2.59 bits per heavy atom. The van der Waals surface area contributed by atoms with Crippen LogP contribution in [-0.2, 0) is 6.54 Å². The van der Waals surface area contributed by atoms with E-state index in [9.17, 15) is 5.26 Å². The van der Waals surface area contributed by atoms with E-state index in [2.05, 4.69) is 25.8 Å². The molecule has 2 aromatic rings. The first-order valence-electron chi connectivity index (χ1n) is 8.67. The van der Waals surface area contributed by atoms with Crippen molar-refractivity contribution in [1.29, 1.82) is 5.26 Å². The molecule has 1 saturated heterocycles. The van der Waals surface area contributed by atoms with E-state index in [0.717, 1.165) is 55.6 Å². The summed E-state index contributed by atoms with van der Waals surface area (Å²) in [6.45, 7) is 4.17. The van der Waals surface area contributed by atoms with E-state index in [1.807, 2.05) is 24.5 Å². The van der Waals surface area contributed by atoms with Crippen molar-refractivity contribution in [3.8, 4) is 17.6 Å². The van der Waals surface area contributed by atoms with Crippen LogP contribution in [0.25, 0.3) is 0 Å². The number of aromatic nitrogens is 2. The molecule has 7 nitrogen and oxygen atoms in total. The number of rotatable bonds is 6. The minimum atomic E-state index is 0.524. The van der Waals surface area contributed by atoms with E-state index in [1.54, 1.807) is 20.4 Å². The molecule has 0 unspecified atom stereocenters. The van der Waals surface area contributed by atoms with Crippen LogP contribution in [0.1, 0.15) is 11.1 Å². The molecule has 0 N–H and O–H groups in total. The zero-order valence-corrected chi connectivity index (χ0v) is 16.6. The Kier molecular flexibility index (Phi) is 6.37. The lowest BCUT2D eigenvalue weighted by molar-refractivity contribution is 0.245. The molecule has 0 amide bonds.